The summed E-state index contributed by atoms with van der Waals surface area (Å²) in [6.07, 6.45) is -14.3. The van der Waals surface area contributed by atoms with Crippen molar-refractivity contribution in [2.75, 3.05) is 0 Å². The van der Waals surface area contributed by atoms with Gasteiger partial charge in [0, 0.05) is 5.56 Å². The smallest absolute Gasteiger partial charge is 0.406 e. The fourth-order valence-electron chi connectivity index (χ4n) is 2.82. The number of amides is 1. The molecule has 14 heteroatoms. The molecule has 2 aromatic carbocycles. The van der Waals surface area contributed by atoms with Crippen molar-refractivity contribution in [2.24, 2.45) is 0 Å². The number of ether oxygens (including phenoxy) is 1. The van der Waals surface area contributed by atoms with Gasteiger partial charge >= 0.3 is 6.36 Å². The van der Waals surface area contributed by atoms with Gasteiger partial charge < -0.3 is 15.2 Å². The average molecular weight is 505 g/mol. The van der Waals surface area contributed by atoms with Gasteiger partial charge in [-0.2, -0.15) is 9.78 Å². The molecule has 35 heavy (non-hydrogen) atoms. The van der Waals surface area contributed by atoms with E-state index in [-0.39, 0.29) is 16.9 Å². The van der Waals surface area contributed by atoms with Crippen molar-refractivity contribution in [3.8, 4) is 22.7 Å². The minimum atomic E-state index is -4.96. The summed E-state index contributed by atoms with van der Waals surface area (Å²) >= 11 is 0. The van der Waals surface area contributed by atoms with Gasteiger partial charge in [-0.05, 0) is 48.5 Å². The highest BCUT2D eigenvalue weighted by atomic mass is 19.4. The van der Waals surface area contributed by atoms with Gasteiger partial charge in [-0.25, -0.2) is 17.6 Å². The van der Waals surface area contributed by atoms with Crippen LogP contribution in [0.1, 0.15) is 10.4 Å². The highest BCUT2D eigenvalue weighted by molar-refractivity contribution is 5.95. The van der Waals surface area contributed by atoms with Crippen molar-refractivity contribution in [2.45, 2.75) is 25.2 Å². The number of carbonyl (C=O) groups excluding carboxylic acids is 1. The SMILES string of the molecule is O=C(NC(F)[C@H](O)C(F)F)c1cc(-c2ccc(OC(F)(F)F)cc2)nn(-c2cccc(F)c2)c1=O. The molecule has 0 aliphatic heterocycles. The Morgan fingerprint density at radius 1 is 1.06 bits per heavy atom. The number of hydrogen-bond donors (Lipinski definition) is 2. The van der Waals surface area contributed by atoms with Crippen molar-refractivity contribution < 1.29 is 45.4 Å². The fraction of sp³-hybridized carbons (Fsp3) is 0.190. The molecule has 3 aromatic rings. The van der Waals surface area contributed by atoms with Gasteiger partial charge in [-0.15, -0.1) is 13.2 Å². The maximum absolute atomic E-state index is 13.9. The molecule has 1 amide bonds. The quantitative estimate of drug-likeness (QED) is 0.378. The lowest BCUT2D eigenvalue weighted by Gasteiger charge is -2.17. The first-order valence-electron chi connectivity index (χ1n) is 9.53. The van der Waals surface area contributed by atoms with Crippen LogP contribution in [0.5, 0.6) is 5.75 Å². The van der Waals surface area contributed by atoms with Crippen LogP contribution < -0.4 is 15.6 Å². The predicted molar refractivity (Wildman–Crippen MR) is 106 cm³/mol. The highest BCUT2D eigenvalue weighted by Crippen LogP contribution is 2.26. The molecule has 0 aliphatic rings. The summed E-state index contributed by atoms with van der Waals surface area (Å²) in [7, 11) is 0. The van der Waals surface area contributed by atoms with Crippen LogP contribution >= 0.6 is 0 Å². The molecule has 0 spiro atoms. The van der Waals surface area contributed by atoms with Crippen LogP contribution in [0, 0.1) is 5.82 Å². The second kappa shape index (κ2) is 10.1. The molecule has 2 atom stereocenters. The summed E-state index contributed by atoms with van der Waals surface area (Å²) in [5.74, 6) is -2.88. The zero-order chi connectivity index (χ0) is 25.9. The van der Waals surface area contributed by atoms with Gasteiger partial charge in [0.15, 0.2) is 6.10 Å². The van der Waals surface area contributed by atoms with Crippen LogP contribution in [0.15, 0.2) is 59.4 Å². The van der Waals surface area contributed by atoms with Crippen LogP contribution in [0.25, 0.3) is 16.9 Å². The second-order valence-corrected chi connectivity index (χ2v) is 6.91. The third kappa shape index (κ3) is 6.35. The predicted octanol–water partition coefficient (Wildman–Crippen LogP) is 3.59. The van der Waals surface area contributed by atoms with Crippen LogP contribution in [0.2, 0.25) is 0 Å². The zero-order valence-electron chi connectivity index (χ0n) is 17.1. The highest BCUT2D eigenvalue weighted by Gasteiger charge is 2.31. The van der Waals surface area contributed by atoms with Crippen molar-refractivity contribution in [1.29, 1.82) is 0 Å². The molecule has 1 aromatic heterocycles. The Bertz CT molecular complexity index is 1260. The Kier molecular flexibility index (Phi) is 7.43. The number of aliphatic hydroxyl groups is 1. The van der Waals surface area contributed by atoms with E-state index in [1.807, 2.05) is 0 Å². The fourth-order valence-corrected chi connectivity index (χ4v) is 2.82. The van der Waals surface area contributed by atoms with E-state index in [4.69, 9.17) is 5.11 Å². The van der Waals surface area contributed by atoms with E-state index in [9.17, 15) is 40.3 Å². The van der Waals surface area contributed by atoms with Crippen LogP contribution in [0.4, 0.5) is 30.7 Å². The molecule has 0 bridgehead atoms. The molecule has 0 radical (unpaired) electrons. The van der Waals surface area contributed by atoms with Gasteiger partial charge in [-0.1, -0.05) is 6.07 Å². The first-order chi connectivity index (χ1) is 16.4. The number of nitrogens with zero attached hydrogens (tertiary/aromatic N) is 2. The monoisotopic (exact) mass is 505 g/mol. The van der Waals surface area contributed by atoms with Crippen molar-refractivity contribution in [3.05, 3.63) is 76.3 Å². The third-order valence-electron chi connectivity index (χ3n) is 4.42. The van der Waals surface area contributed by atoms with Crippen molar-refractivity contribution in [1.82, 2.24) is 15.1 Å². The lowest BCUT2D eigenvalue weighted by molar-refractivity contribution is -0.274. The van der Waals surface area contributed by atoms with Crippen molar-refractivity contribution >= 4 is 5.91 Å². The number of halogens is 7. The standard InChI is InChI=1S/C21H14F7N3O4/c22-11-2-1-3-12(8-11)31-20(34)14(19(33)29-18(25)16(32)17(23)24)9-15(30-31)10-4-6-13(7-5-10)35-21(26,27)28/h1-9,16-18,32H,(H,29,33)/t16-,18?/m1/s1. The molecular formula is C21H14F7N3O4. The molecule has 1 unspecified atom stereocenters. The van der Waals surface area contributed by atoms with E-state index in [0.29, 0.717) is 4.68 Å². The second-order valence-electron chi connectivity index (χ2n) is 6.91. The van der Waals surface area contributed by atoms with Crippen LogP contribution in [-0.2, 0) is 0 Å². The molecule has 0 aliphatic carbocycles. The number of benzene rings is 2. The molecule has 3 rings (SSSR count). The first-order valence-corrected chi connectivity index (χ1v) is 9.53. The summed E-state index contributed by atoms with van der Waals surface area (Å²) < 4.78 is 94.1. The Morgan fingerprint density at radius 3 is 2.29 bits per heavy atom. The number of rotatable bonds is 7. The third-order valence-corrected chi connectivity index (χ3v) is 4.42. The minimum absolute atomic E-state index is 0.0585. The van der Waals surface area contributed by atoms with Gasteiger partial charge in [0.1, 0.15) is 17.1 Å². The Morgan fingerprint density at radius 2 is 1.71 bits per heavy atom. The number of hydrogen-bond acceptors (Lipinski definition) is 5. The number of nitrogens with one attached hydrogen (secondary N) is 1. The van der Waals surface area contributed by atoms with Gasteiger partial charge in [0.2, 0.25) is 6.30 Å². The number of aliphatic hydroxyl groups excluding tert-OH is 1. The molecule has 0 saturated carbocycles. The summed E-state index contributed by atoms with van der Waals surface area (Å²) in [4.78, 5) is 25.3. The Labute approximate surface area is 191 Å². The molecule has 2 N–H and O–H groups in total. The number of aromatic nitrogens is 2. The summed E-state index contributed by atoms with van der Waals surface area (Å²) in [5, 5.41) is 14.5. The molecule has 186 valence electrons. The topological polar surface area (TPSA) is 93.4 Å². The van der Waals surface area contributed by atoms with E-state index in [2.05, 4.69) is 9.84 Å². The molecule has 0 saturated heterocycles. The lowest BCUT2D eigenvalue weighted by atomic mass is 10.1. The summed E-state index contributed by atoms with van der Waals surface area (Å²) in [6, 6.07) is 9.23. The summed E-state index contributed by atoms with van der Waals surface area (Å²) in [6.45, 7) is 0. The van der Waals surface area contributed by atoms with E-state index < -0.39 is 53.8 Å². The molecular weight excluding hydrogens is 491 g/mol. The average Bonchev–Trinajstić information content (AvgIpc) is 2.78. The maximum Gasteiger partial charge on any atom is 0.573 e. The van der Waals surface area contributed by atoms with Crippen LogP contribution in [0.3, 0.4) is 0 Å². The molecule has 0 fully saturated rings. The zero-order valence-corrected chi connectivity index (χ0v) is 17.1. The van der Waals surface area contributed by atoms with Crippen molar-refractivity contribution in [3.63, 3.8) is 0 Å². The van der Waals surface area contributed by atoms with E-state index >= 15 is 0 Å². The van der Waals surface area contributed by atoms with Gasteiger partial charge in [0.25, 0.3) is 17.9 Å². The maximum atomic E-state index is 13.9. The largest absolute Gasteiger partial charge is 0.573 e. The normalized spacial score (nSPS) is 13.4. The number of alkyl halides is 6. The first kappa shape index (κ1) is 25.7. The van der Waals surface area contributed by atoms with Gasteiger partial charge in [0.05, 0.1) is 11.4 Å². The molecule has 7 nitrogen and oxygen atoms in total. The van der Waals surface area contributed by atoms with E-state index in [1.165, 1.54) is 17.4 Å². The Balaban J connectivity index is 2.08. The summed E-state index contributed by atoms with van der Waals surface area (Å²) in [5.41, 5.74) is -2.36. The van der Waals surface area contributed by atoms with E-state index in [0.717, 1.165) is 42.5 Å². The Hall–Kier alpha value is -3.94. The van der Waals surface area contributed by atoms with Crippen LogP contribution in [-0.4, -0.2) is 46.0 Å². The van der Waals surface area contributed by atoms with E-state index in [1.54, 1.807) is 0 Å². The lowest BCUT2D eigenvalue weighted by Crippen LogP contribution is -2.45. The van der Waals surface area contributed by atoms with Gasteiger partial charge in [-0.3, -0.25) is 9.59 Å². The molecule has 1 heterocycles. The minimum Gasteiger partial charge on any atom is -0.406 e. The number of carbonyl (C=O) groups is 1.